The largest absolute Gasteiger partial charge is 0.253 e. The minimum atomic E-state index is 0.109. The number of rotatable bonds is 4. The zero-order valence-electron chi connectivity index (χ0n) is 18.4. The van der Waals surface area contributed by atoms with Crippen molar-refractivity contribution in [1.29, 1.82) is 0 Å². The molecule has 0 aliphatic carbocycles. The first kappa shape index (κ1) is 20.0. The van der Waals surface area contributed by atoms with Crippen LogP contribution in [0.4, 0.5) is 0 Å². The van der Waals surface area contributed by atoms with Crippen molar-refractivity contribution in [3.05, 3.63) is 76.0 Å². The van der Waals surface area contributed by atoms with Gasteiger partial charge in [0.1, 0.15) is 5.69 Å². The van der Waals surface area contributed by atoms with Crippen LogP contribution >= 0.6 is 0 Å². The molecular weight excluding hydrogens is 369 g/mol. The molecule has 0 spiro atoms. The molecule has 4 rings (SSSR count). The van der Waals surface area contributed by atoms with Crippen molar-refractivity contribution >= 4 is 23.1 Å². The van der Waals surface area contributed by atoms with Crippen LogP contribution in [0.25, 0.3) is 11.5 Å². The van der Waals surface area contributed by atoms with Crippen LogP contribution in [0.2, 0.25) is 0 Å². The summed E-state index contributed by atoms with van der Waals surface area (Å²) in [5.74, 6) is 0.503. The third kappa shape index (κ3) is 3.65. The average molecular weight is 395 g/mol. The van der Waals surface area contributed by atoms with Crippen LogP contribution in [-0.2, 0) is 0 Å². The quantitative estimate of drug-likeness (QED) is 0.540. The molecular formula is C24H26BN5. The van der Waals surface area contributed by atoms with E-state index in [1.165, 1.54) is 44.3 Å². The van der Waals surface area contributed by atoms with Gasteiger partial charge in [-0.2, -0.15) is 5.21 Å². The van der Waals surface area contributed by atoms with Gasteiger partial charge in [0.05, 0.1) is 0 Å². The van der Waals surface area contributed by atoms with Crippen molar-refractivity contribution < 1.29 is 0 Å². The number of pyridine rings is 1. The number of benzene rings is 2. The number of hydrogen-bond acceptors (Lipinski definition) is 4. The number of aryl methyl sites for hydroxylation is 6. The zero-order chi connectivity index (χ0) is 21.4. The molecule has 0 amide bonds. The van der Waals surface area contributed by atoms with Crippen LogP contribution in [0, 0.1) is 41.5 Å². The molecule has 2 aromatic heterocycles. The smallest absolute Gasteiger partial charge is 0.244 e. The maximum absolute atomic E-state index is 4.66. The van der Waals surface area contributed by atoms with Gasteiger partial charge in [-0.25, -0.2) is 0 Å². The molecule has 2 heterocycles. The fourth-order valence-corrected chi connectivity index (χ4v) is 4.75. The Balaban J connectivity index is 1.94. The van der Waals surface area contributed by atoms with Gasteiger partial charge in [-0.05, 0) is 52.8 Å². The van der Waals surface area contributed by atoms with Crippen LogP contribution in [0.3, 0.4) is 0 Å². The molecule has 0 saturated heterocycles. The molecule has 5 nitrogen and oxygen atoms in total. The summed E-state index contributed by atoms with van der Waals surface area (Å²) >= 11 is 0. The minimum Gasteiger partial charge on any atom is -0.253 e. The molecule has 0 unspecified atom stereocenters. The molecule has 2 aromatic carbocycles. The summed E-state index contributed by atoms with van der Waals surface area (Å²) in [6.07, 6.45) is 1.95. The number of aromatic amines is 1. The Hall–Kier alpha value is -3.28. The van der Waals surface area contributed by atoms with Crippen molar-refractivity contribution in [3.8, 4) is 11.5 Å². The normalized spacial score (nSPS) is 11.0. The van der Waals surface area contributed by atoms with Gasteiger partial charge in [-0.15, -0.1) is 10.2 Å². The van der Waals surface area contributed by atoms with E-state index in [0.717, 1.165) is 5.46 Å². The van der Waals surface area contributed by atoms with Crippen molar-refractivity contribution in [1.82, 2.24) is 25.6 Å². The van der Waals surface area contributed by atoms with Crippen molar-refractivity contribution in [2.45, 2.75) is 41.5 Å². The van der Waals surface area contributed by atoms with Gasteiger partial charge in [0, 0.05) is 6.20 Å². The highest BCUT2D eigenvalue weighted by Gasteiger charge is 2.28. The van der Waals surface area contributed by atoms with Crippen LogP contribution in [-0.4, -0.2) is 32.3 Å². The average Bonchev–Trinajstić information content (AvgIpc) is 3.20. The van der Waals surface area contributed by atoms with Crippen molar-refractivity contribution in [3.63, 3.8) is 0 Å². The third-order valence-corrected chi connectivity index (χ3v) is 5.75. The van der Waals surface area contributed by atoms with E-state index >= 15 is 0 Å². The third-order valence-electron chi connectivity index (χ3n) is 5.75. The molecule has 30 heavy (non-hydrogen) atoms. The molecule has 0 aliphatic rings. The molecule has 150 valence electrons. The minimum absolute atomic E-state index is 0.109. The fraction of sp³-hybridized carbons (Fsp3) is 0.250. The van der Waals surface area contributed by atoms with Gasteiger partial charge in [0.15, 0.2) is 0 Å². The summed E-state index contributed by atoms with van der Waals surface area (Å²) in [6, 6.07) is 13.2. The van der Waals surface area contributed by atoms with E-state index in [1.807, 2.05) is 12.3 Å². The maximum atomic E-state index is 4.66. The van der Waals surface area contributed by atoms with Gasteiger partial charge < -0.3 is 0 Å². The second-order valence-corrected chi connectivity index (χ2v) is 8.27. The van der Waals surface area contributed by atoms with Crippen LogP contribution < -0.4 is 16.4 Å². The summed E-state index contributed by atoms with van der Waals surface area (Å²) < 4.78 is 0. The number of aromatic nitrogens is 5. The number of hydrogen-bond donors (Lipinski definition) is 1. The van der Waals surface area contributed by atoms with E-state index in [0.29, 0.717) is 11.5 Å². The summed E-state index contributed by atoms with van der Waals surface area (Å²) in [5, 5.41) is 14.2. The van der Waals surface area contributed by atoms with Crippen LogP contribution in [0.15, 0.2) is 42.6 Å². The van der Waals surface area contributed by atoms with Crippen molar-refractivity contribution in [2.75, 3.05) is 0 Å². The molecule has 0 bridgehead atoms. The maximum Gasteiger partial charge on any atom is 0.244 e. The van der Waals surface area contributed by atoms with Gasteiger partial charge >= 0.3 is 0 Å². The molecule has 0 fully saturated rings. The first-order chi connectivity index (χ1) is 14.3. The summed E-state index contributed by atoms with van der Waals surface area (Å²) in [4.78, 5) is 4.66. The van der Waals surface area contributed by atoms with Gasteiger partial charge in [0.2, 0.25) is 12.5 Å². The highest BCUT2D eigenvalue weighted by atomic mass is 15.5. The second-order valence-electron chi connectivity index (χ2n) is 8.27. The Morgan fingerprint density at radius 3 is 1.67 bits per heavy atom. The molecule has 6 heteroatoms. The standard InChI is InChI=1S/C24H26BN5/c1-14-9-16(3)22(17(4)10-14)25(23-18(5)11-15(2)12-19(23)6)20-7-8-21(26-13-20)24-27-29-30-28-24/h7-13H,1-6H3,(H,27,28,29,30). The number of tetrazole rings is 1. The van der Waals surface area contributed by atoms with E-state index in [-0.39, 0.29) is 6.71 Å². The van der Waals surface area contributed by atoms with E-state index in [1.54, 1.807) is 0 Å². The van der Waals surface area contributed by atoms with Gasteiger partial charge in [-0.1, -0.05) is 80.1 Å². The summed E-state index contributed by atoms with van der Waals surface area (Å²) in [6.45, 7) is 13.3. The van der Waals surface area contributed by atoms with Crippen LogP contribution in [0.5, 0.6) is 0 Å². The topological polar surface area (TPSA) is 67.3 Å². The highest BCUT2D eigenvalue weighted by Crippen LogP contribution is 2.14. The molecule has 1 N–H and O–H groups in total. The lowest BCUT2D eigenvalue weighted by Crippen LogP contribution is -2.56. The monoisotopic (exact) mass is 395 g/mol. The predicted octanol–water partition coefficient (Wildman–Crippen LogP) is 2.63. The Bertz CT molecular complexity index is 1090. The Labute approximate surface area is 178 Å². The first-order valence-electron chi connectivity index (χ1n) is 10.2. The molecule has 0 aliphatic heterocycles. The number of nitrogens with zero attached hydrogens (tertiary/aromatic N) is 4. The van der Waals surface area contributed by atoms with E-state index in [9.17, 15) is 0 Å². The lowest BCUT2D eigenvalue weighted by atomic mass is 9.34. The Kier molecular flexibility index (Phi) is 5.25. The lowest BCUT2D eigenvalue weighted by Gasteiger charge is -2.24. The summed E-state index contributed by atoms with van der Waals surface area (Å²) in [5.41, 5.74) is 12.4. The van der Waals surface area contributed by atoms with E-state index in [2.05, 4.69) is 97.5 Å². The number of nitrogens with one attached hydrogen (secondary N) is 1. The van der Waals surface area contributed by atoms with Gasteiger partial charge in [0.25, 0.3) is 0 Å². The van der Waals surface area contributed by atoms with Crippen LogP contribution in [0.1, 0.15) is 33.4 Å². The fourth-order valence-electron chi connectivity index (χ4n) is 4.75. The second kappa shape index (κ2) is 7.86. The van der Waals surface area contributed by atoms with Crippen molar-refractivity contribution in [2.24, 2.45) is 0 Å². The molecule has 0 radical (unpaired) electrons. The molecule has 0 saturated carbocycles. The summed E-state index contributed by atoms with van der Waals surface area (Å²) in [7, 11) is 0. The molecule has 0 atom stereocenters. The van der Waals surface area contributed by atoms with E-state index < -0.39 is 0 Å². The molecule has 4 aromatic rings. The first-order valence-corrected chi connectivity index (χ1v) is 10.2. The SMILES string of the molecule is Cc1cc(C)c(B(c2ccc(-c3nn[nH]n3)nc2)c2c(C)cc(C)cc2C)c(C)c1. The van der Waals surface area contributed by atoms with E-state index in [4.69, 9.17) is 0 Å². The lowest BCUT2D eigenvalue weighted by molar-refractivity contribution is 0.881. The Morgan fingerprint density at radius 2 is 1.27 bits per heavy atom. The Morgan fingerprint density at radius 1 is 0.733 bits per heavy atom. The predicted molar refractivity (Wildman–Crippen MR) is 123 cm³/mol. The number of H-pyrrole nitrogens is 1. The zero-order valence-corrected chi connectivity index (χ0v) is 18.4. The van der Waals surface area contributed by atoms with Gasteiger partial charge in [-0.3, -0.25) is 4.98 Å². The highest BCUT2D eigenvalue weighted by molar-refractivity contribution is 6.96.